The molecule has 0 atom stereocenters. The van der Waals surface area contributed by atoms with Crippen molar-refractivity contribution >= 4 is 28.3 Å². The Morgan fingerprint density at radius 3 is 2.39 bits per heavy atom. The van der Waals surface area contributed by atoms with Gasteiger partial charge in [-0.25, -0.2) is 9.67 Å². The van der Waals surface area contributed by atoms with Gasteiger partial charge in [0.1, 0.15) is 11.4 Å². The van der Waals surface area contributed by atoms with E-state index < -0.39 is 12.5 Å². The maximum Gasteiger partial charge on any atom is 0.279 e. The second-order valence-electron chi connectivity index (χ2n) is 11.5. The molecule has 0 aliphatic carbocycles. The van der Waals surface area contributed by atoms with E-state index in [-0.39, 0.29) is 22.4 Å². The van der Waals surface area contributed by atoms with Gasteiger partial charge in [-0.15, -0.1) is 5.10 Å². The molecule has 0 saturated heterocycles. The summed E-state index contributed by atoms with van der Waals surface area (Å²) in [6, 6.07) is 14.6. The van der Waals surface area contributed by atoms with E-state index in [2.05, 4.69) is 41.3 Å². The summed E-state index contributed by atoms with van der Waals surface area (Å²) in [5.74, 6) is 0.0138. The van der Waals surface area contributed by atoms with Crippen molar-refractivity contribution in [3.8, 4) is 11.4 Å². The van der Waals surface area contributed by atoms with Gasteiger partial charge < -0.3 is 21.1 Å². The molecule has 3 aromatic heterocycles. The number of aliphatic hydroxyl groups is 1. The van der Waals surface area contributed by atoms with Crippen LogP contribution in [-0.4, -0.2) is 54.6 Å². The van der Waals surface area contributed by atoms with Crippen LogP contribution < -0.4 is 16.6 Å². The molecular formula is C33H40N8O3. The van der Waals surface area contributed by atoms with E-state index in [0.717, 1.165) is 23.1 Å². The monoisotopic (exact) mass is 596 g/mol. The zero-order valence-corrected chi connectivity index (χ0v) is 26.3. The molecule has 0 fully saturated rings. The fourth-order valence-electron chi connectivity index (χ4n) is 4.78. The van der Waals surface area contributed by atoms with Gasteiger partial charge in [-0.2, -0.15) is 9.78 Å². The number of benzene rings is 2. The molecule has 0 bridgehead atoms. The molecular weight excluding hydrogens is 556 g/mol. The van der Waals surface area contributed by atoms with E-state index in [1.807, 2.05) is 57.1 Å². The van der Waals surface area contributed by atoms with Crippen LogP contribution in [0.3, 0.4) is 0 Å². The zero-order valence-electron chi connectivity index (χ0n) is 26.3. The van der Waals surface area contributed by atoms with Crippen molar-refractivity contribution in [1.29, 1.82) is 0 Å². The van der Waals surface area contributed by atoms with Crippen molar-refractivity contribution in [2.24, 2.45) is 5.73 Å². The summed E-state index contributed by atoms with van der Waals surface area (Å²) < 4.78 is 2.71. The topological polar surface area (TPSA) is 144 Å². The molecule has 0 unspecified atom stereocenters. The normalized spacial score (nSPS) is 11.4. The number of primary amides is 1. The summed E-state index contributed by atoms with van der Waals surface area (Å²) in [4.78, 5) is 32.3. The predicted molar refractivity (Wildman–Crippen MR) is 174 cm³/mol. The second kappa shape index (κ2) is 13.2. The molecule has 5 aromatic rings. The number of hydrogen-bond donors (Lipinski definition) is 3. The van der Waals surface area contributed by atoms with Gasteiger partial charge in [0.05, 0.1) is 29.6 Å². The van der Waals surface area contributed by atoms with Crippen LogP contribution in [0.15, 0.2) is 71.9 Å². The third-order valence-electron chi connectivity index (χ3n) is 6.96. The van der Waals surface area contributed by atoms with E-state index in [0.29, 0.717) is 28.1 Å². The minimum atomic E-state index is -0.684. The number of rotatable bonds is 8. The van der Waals surface area contributed by atoms with Crippen molar-refractivity contribution in [3.63, 3.8) is 0 Å². The van der Waals surface area contributed by atoms with Crippen LogP contribution >= 0.6 is 0 Å². The number of nitrogens with zero attached hydrogens (tertiary/aromatic N) is 6. The van der Waals surface area contributed by atoms with Crippen molar-refractivity contribution in [2.45, 2.75) is 53.2 Å². The SMILES string of the molecule is CC.CN(C)Cc1ccc(Nc2nn(-c3cccc(-n4ncc5cc(C(C)(C)C)ccc5c4=O)c3CO)cc2C(N)=O)nc1. The molecule has 5 rings (SSSR count). The first-order chi connectivity index (χ1) is 21.0. The molecule has 3 heterocycles. The number of aromatic nitrogens is 5. The van der Waals surface area contributed by atoms with Gasteiger partial charge in [0.25, 0.3) is 11.5 Å². The number of carbonyl (C=O) groups excluding carboxylic acids is 1. The highest BCUT2D eigenvalue weighted by atomic mass is 16.3. The second-order valence-corrected chi connectivity index (χ2v) is 11.5. The Morgan fingerprint density at radius 1 is 1.05 bits per heavy atom. The predicted octanol–water partition coefficient (Wildman–Crippen LogP) is 4.69. The average molecular weight is 597 g/mol. The number of hydrogen-bond acceptors (Lipinski definition) is 8. The van der Waals surface area contributed by atoms with Gasteiger partial charge in [-0.05, 0) is 61.0 Å². The summed E-state index contributed by atoms with van der Waals surface area (Å²) >= 11 is 0. The van der Waals surface area contributed by atoms with Gasteiger partial charge >= 0.3 is 0 Å². The summed E-state index contributed by atoms with van der Waals surface area (Å²) in [7, 11) is 3.95. The Kier molecular flexibility index (Phi) is 9.61. The molecule has 0 aliphatic rings. The maximum absolute atomic E-state index is 13.6. The Morgan fingerprint density at radius 2 is 1.77 bits per heavy atom. The molecule has 11 nitrogen and oxygen atoms in total. The summed E-state index contributed by atoms with van der Waals surface area (Å²) in [5.41, 5.74) is 8.80. The first-order valence-electron chi connectivity index (χ1n) is 14.5. The molecule has 11 heteroatoms. The number of aliphatic hydroxyl groups excluding tert-OH is 1. The Balaban J connectivity index is 0.00000216. The van der Waals surface area contributed by atoms with Crippen molar-refractivity contribution < 1.29 is 9.90 Å². The van der Waals surface area contributed by atoms with Crippen LogP contribution in [-0.2, 0) is 18.6 Å². The summed E-state index contributed by atoms with van der Waals surface area (Å²) in [6.45, 7) is 10.7. The minimum Gasteiger partial charge on any atom is -0.392 e. The highest BCUT2D eigenvalue weighted by molar-refractivity contribution is 5.98. The number of pyridine rings is 1. The van der Waals surface area contributed by atoms with Crippen LogP contribution in [0.4, 0.5) is 11.6 Å². The molecule has 0 radical (unpaired) electrons. The lowest BCUT2D eigenvalue weighted by molar-refractivity contribution is 0.100. The third-order valence-corrected chi connectivity index (χ3v) is 6.96. The highest BCUT2D eigenvalue weighted by Crippen LogP contribution is 2.27. The lowest BCUT2D eigenvalue weighted by atomic mass is 9.86. The number of anilines is 2. The Labute approximate surface area is 257 Å². The average Bonchev–Trinajstić information content (AvgIpc) is 3.42. The van der Waals surface area contributed by atoms with Gasteiger partial charge in [0, 0.05) is 29.9 Å². The van der Waals surface area contributed by atoms with Crippen molar-refractivity contribution in [2.75, 3.05) is 19.4 Å². The molecule has 230 valence electrons. The zero-order chi connectivity index (χ0) is 32.2. The first kappa shape index (κ1) is 32.1. The smallest absolute Gasteiger partial charge is 0.279 e. The quantitative estimate of drug-likeness (QED) is 0.234. The number of carbonyl (C=O) groups is 1. The van der Waals surface area contributed by atoms with Crippen LogP contribution in [0.1, 0.15) is 61.7 Å². The van der Waals surface area contributed by atoms with E-state index in [1.54, 1.807) is 36.7 Å². The lowest BCUT2D eigenvalue weighted by Crippen LogP contribution is -2.23. The van der Waals surface area contributed by atoms with Gasteiger partial charge in [-0.3, -0.25) is 9.59 Å². The largest absolute Gasteiger partial charge is 0.392 e. The number of amides is 1. The fraction of sp³-hybridized carbons (Fsp3) is 0.303. The molecule has 44 heavy (non-hydrogen) atoms. The number of fused-ring (bicyclic) bond motifs is 1. The van der Waals surface area contributed by atoms with E-state index in [1.165, 1.54) is 15.6 Å². The summed E-state index contributed by atoms with van der Waals surface area (Å²) in [6.07, 6.45) is 4.88. The Hall–Kier alpha value is -4.87. The molecule has 2 aromatic carbocycles. The van der Waals surface area contributed by atoms with Gasteiger partial charge in [0.15, 0.2) is 5.82 Å². The van der Waals surface area contributed by atoms with Crippen LogP contribution in [0.2, 0.25) is 0 Å². The van der Waals surface area contributed by atoms with Crippen molar-refractivity contribution in [3.05, 3.63) is 99.7 Å². The molecule has 4 N–H and O–H groups in total. The molecule has 0 saturated carbocycles. The van der Waals surface area contributed by atoms with Crippen LogP contribution in [0, 0.1) is 0 Å². The number of nitrogens with two attached hydrogens (primary N) is 1. The molecule has 0 aliphatic heterocycles. The molecule has 1 amide bonds. The van der Waals surface area contributed by atoms with E-state index >= 15 is 0 Å². The standard InChI is InChI=1S/C31H34N8O3.C2H6/c1-31(2,3)21-10-11-22-20(13-21)15-34-39(30(22)42)26-8-6-7-25(24(26)18-40)38-17-23(28(32)41)29(36-38)35-27-12-9-19(14-33-27)16-37(4)5;1-2/h6-15,17,40H,16,18H2,1-5H3,(H2,32,41)(H,33,35,36);1-2H3. The van der Waals surface area contributed by atoms with E-state index in [4.69, 9.17) is 5.73 Å². The van der Waals surface area contributed by atoms with Gasteiger partial charge in [-0.1, -0.05) is 52.8 Å². The Bertz CT molecular complexity index is 1830. The molecule has 0 spiro atoms. The number of nitrogens with one attached hydrogen (secondary N) is 1. The van der Waals surface area contributed by atoms with Crippen molar-refractivity contribution in [1.82, 2.24) is 29.4 Å². The van der Waals surface area contributed by atoms with Crippen LogP contribution in [0.5, 0.6) is 0 Å². The summed E-state index contributed by atoms with van der Waals surface area (Å²) in [5, 5.41) is 23.8. The van der Waals surface area contributed by atoms with E-state index in [9.17, 15) is 14.7 Å². The first-order valence-corrected chi connectivity index (χ1v) is 14.5. The maximum atomic E-state index is 13.6. The minimum absolute atomic E-state index is 0.0751. The lowest BCUT2D eigenvalue weighted by Gasteiger charge is -2.19. The fourth-order valence-corrected chi connectivity index (χ4v) is 4.78. The third kappa shape index (κ3) is 6.69. The van der Waals surface area contributed by atoms with Gasteiger partial charge in [0.2, 0.25) is 0 Å². The highest BCUT2D eigenvalue weighted by Gasteiger charge is 2.20. The van der Waals surface area contributed by atoms with Crippen LogP contribution in [0.25, 0.3) is 22.1 Å².